The Kier molecular flexibility index (Phi) is 3.84. The number of hydrogen-bond donors (Lipinski definition) is 1. The maximum Gasteiger partial charge on any atom is 0.123 e. The molecule has 0 aliphatic carbocycles. The molecule has 0 heterocycles. The normalized spacial score (nSPS) is 13.7. The molecular weight excluding hydrogens is 232 g/mol. The minimum atomic E-state index is -0.0616. The van der Waals surface area contributed by atoms with E-state index >= 15 is 0 Å². The molecule has 1 N–H and O–H groups in total. The highest BCUT2D eigenvalue weighted by molar-refractivity contribution is 5.53. The molecule has 0 bridgehead atoms. The van der Waals surface area contributed by atoms with Gasteiger partial charge in [-0.3, -0.25) is 0 Å². The Hall–Kier alpha value is -0.980. The molecule has 1 rings (SSSR count). The van der Waals surface area contributed by atoms with Crippen LogP contribution >= 0.6 is 0 Å². The van der Waals surface area contributed by atoms with Crippen molar-refractivity contribution in [3.63, 3.8) is 0 Å². The number of hydrogen-bond acceptors (Lipinski definition) is 1. The quantitative estimate of drug-likeness (QED) is 0.674. The third-order valence-corrected chi connectivity index (χ3v) is 3.54. The van der Waals surface area contributed by atoms with E-state index in [1.54, 1.807) is 0 Å². The minimum Gasteiger partial charge on any atom is -0.507 e. The minimum absolute atomic E-state index is 0.0382. The Morgan fingerprint density at radius 1 is 0.632 bits per heavy atom. The van der Waals surface area contributed by atoms with Crippen molar-refractivity contribution in [2.75, 3.05) is 0 Å². The molecule has 1 heteroatoms. The molecule has 0 fully saturated rings. The molecule has 0 unspecified atom stereocenters. The summed E-state index contributed by atoms with van der Waals surface area (Å²) in [6.45, 7) is 19.5. The molecule has 19 heavy (non-hydrogen) atoms. The lowest BCUT2D eigenvalue weighted by atomic mass is 9.72. The fraction of sp³-hybridized carbons (Fsp3) is 0.667. The van der Waals surface area contributed by atoms with E-state index in [0.717, 1.165) is 11.1 Å². The molecule has 1 aromatic rings. The Morgan fingerprint density at radius 3 is 1.32 bits per heavy atom. The van der Waals surface area contributed by atoms with Gasteiger partial charge in [-0.25, -0.2) is 0 Å². The standard InChI is InChI=1S/C18H30O/c1-16(2,3)12-10-11-13(17(4,5)6)15(19)14(12)18(7,8)9/h10-11,19H,1-9H3. The van der Waals surface area contributed by atoms with E-state index in [0.29, 0.717) is 5.75 Å². The summed E-state index contributed by atoms with van der Waals surface area (Å²) < 4.78 is 0. The van der Waals surface area contributed by atoms with Crippen molar-refractivity contribution < 1.29 is 5.11 Å². The Bertz CT molecular complexity index is 462. The fourth-order valence-corrected chi connectivity index (χ4v) is 2.58. The van der Waals surface area contributed by atoms with Crippen LogP contribution in [0.2, 0.25) is 0 Å². The van der Waals surface area contributed by atoms with Gasteiger partial charge in [-0.05, 0) is 27.4 Å². The van der Waals surface area contributed by atoms with E-state index < -0.39 is 0 Å². The molecule has 0 aliphatic heterocycles. The lowest BCUT2D eigenvalue weighted by Crippen LogP contribution is -2.24. The molecular formula is C18H30O. The molecule has 108 valence electrons. The first-order valence-electron chi connectivity index (χ1n) is 7.13. The Morgan fingerprint density at radius 2 is 1.00 bits per heavy atom. The van der Waals surface area contributed by atoms with E-state index in [1.807, 2.05) is 0 Å². The lowest BCUT2D eigenvalue weighted by Gasteiger charge is -2.33. The van der Waals surface area contributed by atoms with E-state index in [9.17, 15) is 5.11 Å². The summed E-state index contributed by atoms with van der Waals surface area (Å²) in [4.78, 5) is 0. The monoisotopic (exact) mass is 262 g/mol. The van der Waals surface area contributed by atoms with Crippen molar-refractivity contribution in [3.05, 3.63) is 28.8 Å². The second-order valence-corrected chi connectivity index (χ2v) is 8.63. The zero-order chi connectivity index (χ0) is 15.2. The summed E-state index contributed by atoms with van der Waals surface area (Å²) in [5.74, 6) is 0.479. The van der Waals surface area contributed by atoms with E-state index in [4.69, 9.17) is 0 Å². The van der Waals surface area contributed by atoms with Gasteiger partial charge >= 0.3 is 0 Å². The SMILES string of the molecule is CC(C)(C)c1ccc(C(C)(C)C)c(C(C)(C)C)c1O. The van der Waals surface area contributed by atoms with Crippen LogP contribution in [0.4, 0.5) is 0 Å². The summed E-state index contributed by atoms with van der Waals surface area (Å²) >= 11 is 0. The van der Waals surface area contributed by atoms with Gasteiger partial charge < -0.3 is 5.11 Å². The van der Waals surface area contributed by atoms with Crippen LogP contribution in [0, 0.1) is 0 Å². The second-order valence-electron chi connectivity index (χ2n) is 8.63. The molecule has 1 nitrogen and oxygen atoms in total. The van der Waals surface area contributed by atoms with Crippen molar-refractivity contribution in [2.24, 2.45) is 0 Å². The van der Waals surface area contributed by atoms with Gasteiger partial charge in [0.1, 0.15) is 5.75 Å². The summed E-state index contributed by atoms with van der Waals surface area (Å²) in [6.07, 6.45) is 0. The van der Waals surface area contributed by atoms with E-state index in [2.05, 4.69) is 74.4 Å². The van der Waals surface area contributed by atoms with Crippen LogP contribution in [0.5, 0.6) is 5.75 Å². The van der Waals surface area contributed by atoms with Crippen LogP contribution in [0.3, 0.4) is 0 Å². The predicted octanol–water partition coefficient (Wildman–Crippen LogP) is 5.28. The van der Waals surface area contributed by atoms with Gasteiger partial charge in [-0.15, -0.1) is 0 Å². The van der Waals surface area contributed by atoms with Crippen LogP contribution in [-0.2, 0) is 16.2 Å². The molecule has 0 radical (unpaired) electrons. The summed E-state index contributed by atoms with van der Waals surface area (Å²) in [6, 6.07) is 4.28. The van der Waals surface area contributed by atoms with Gasteiger partial charge in [0.15, 0.2) is 0 Å². The average Bonchev–Trinajstić information content (AvgIpc) is 2.11. The van der Waals surface area contributed by atoms with Crippen LogP contribution < -0.4 is 0 Å². The topological polar surface area (TPSA) is 20.2 Å². The molecule has 0 aromatic heterocycles. The van der Waals surface area contributed by atoms with Crippen molar-refractivity contribution >= 4 is 0 Å². The fourth-order valence-electron chi connectivity index (χ4n) is 2.58. The number of benzene rings is 1. The number of phenolic OH excluding ortho intramolecular Hbond substituents is 1. The third kappa shape index (κ3) is 3.32. The van der Waals surface area contributed by atoms with Crippen molar-refractivity contribution in [1.29, 1.82) is 0 Å². The van der Waals surface area contributed by atoms with Crippen molar-refractivity contribution in [2.45, 2.75) is 78.6 Å². The summed E-state index contributed by atoms with van der Waals surface area (Å²) in [7, 11) is 0. The molecule has 0 amide bonds. The average molecular weight is 262 g/mol. The zero-order valence-electron chi connectivity index (χ0n) is 14.1. The third-order valence-electron chi connectivity index (χ3n) is 3.54. The van der Waals surface area contributed by atoms with Crippen molar-refractivity contribution in [1.82, 2.24) is 0 Å². The van der Waals surface area contributed by atoms with Crippen LogP contribution in [0.15, 0.2) is 12.1 Å². The Balaban J connectivity index is 3.71. The van der Waals surface area contributed by atoms with Gasteiger partial charge in [-0.1, -0.05) is 74.4 Å². The van der Waals surface area contributed by atoms with Gasteiger partial charge in [0, 0.05) is 5.56 Å². The van der Waals surface area contributed by atoms with Crippen LogP contribution in [0.1, 0.15) is 79.0 Å². The maximum atomic E-state index is 10.8. The highest BCUT2D eigenvalue weighted by Gasteiger charge is 2.31. The van der Waals surface area contributed by atoms with E-state index in [1.165, 1.54) is 5.56 Å². The van der Waals surface area contributed by atoms with E-state index in [-0.39, 0.29) is 16.2 Å². The molecule has 0 atom stereocenters. The Labute approximate surface area is 119 Å². The highest BCUT2D eigenvalue weighted by atomic mass is 16.3. The molecule has 0 aliphatic rings. The molecule has 1 aromatic carbocycles. The predicted molar refractivity (Wildman–Crippen MR) is 84.2 cm³/mol. The van der Waals surface area contributed by atoms with Gasteiger partial charge in [-0.2, -0.15) is 0 Å². The molecule has 0 saturated carbocycles. The zero-order valence-corrected chi connectivity index (χ0v) is 14.1. The lowest BCUT2D eigenvalue weighted by molar-refractivity contribution is 0.414. The largest absolute Gasteiger partial charge is 0.507 e. The molecule has 0 spiro atoms. The molecule has 0 saturated heterocycles. The smallest absolute Gasteiger partial charge is 0.123 e. The first-order chi connectivity index (χ1) is 8.26. The number of phenols is 1. The number of aromatic hydroxyl groups is 1. The van der Waals surface area contributed by atoms with Gasteiger partial charge in [0.25, 0.3) is 0 Å². The first-order valence-corrected chi connectivity index (χ1v) is 7.13. The number of rotatable bonds is 0. The second kappa shape index (κ2) is 4.54. The first kappa shape index (κ1) is 16.1. The van der Waals surface area contributed by atoms with Gasteiger partial charge in [0.2, 0.25) is 0 Å². The van der Waals surface area contributed by atoms with Gasteiger partial charge in [0.05, 0.1) is 0 Å². The van der Waals surface area contributed by atoms with Crippen molar-refractivity contribution in [3.8, 4) is 5.75 Å². The summed E-state index contributed by atoms with van der Waals surface area (Å²) in [5.41, 5.74) is 3.30. The summed E-state index contributed by atoms with van der Waals surface area (Å²) in [5, 5.41) is 10.8. The van der Waals surface area contributed by atoms with Crippen LogP contribution in [-0.4, -0.2) is 5.11 Å². The highest BCUT2D eigenvalue weighted by Crippen LogP contribution is 2.44. The maximum absolute atomic E-state index is 10.8. The van der Waals surface area contributed by atoms with Crippen LogP contribution in [0.25, 0.3) is 0 Å².